The van der Waals surface area contributed by atoms with Crippen molar-refractivity contribution in [2.75, 3.05) is 19.4 Å². The lowest BCUT2D eigenvalue weighted by atomic mass is 10.1. The summed E-state index contributed by atoms with van der Waals surface area (Å²) in [4.78, 5) is 12.1. The van der Waals surface area contributed by atoms with E-state index in [0.29, 0.717) is 18.1 Å². The summed E-state index contributed by atoms with van der Waals surface area (Å²) in [6.45, 7) is 0.545. The summed E-state index contributed by atoms with van der Waals surface area (Å²) >= 11 is 1.30. The van der Waals surface area contributed by atoms with Crippen LogP contribution in [-0.4, -0.2) is 45.5 Å². The van der Waals surface area contributed by atoms with Crippen LogP contribution in [-0.2, 0) is 11.2 Å². The van der Waals surface area contributed by atoms with Crippen molar-refractivity contribution < 1.29 is 9.53 Å². The third-order valence-electron chi connectivity index (χ3n) is 3.68. The molecule has 134 valence electrons. The van der Waals surface area contributed by atoms with Crippen molar-refractivity contribution in [2.45, 2.75) is 11.6 Å². The van der Waals surface area contributed by atoms with Crippen LogP contribution in [0.3, 0.4) is 0 Å². The summed E-state index contributed by atoms with van der Waals surface area (Å²) in [5.74, 6) is 1.02. The Morgan fingerprint density at radius 1 is 1.15 bits per heavy atom. The van der Waals surface area contributed by atoms with Gasteiger partial charge in [0.25, 0.3) is 0 Å². The molecule has 8 heteroatoms. The molecule has 0 aliphatic rings. The Labute approximate surface area is 155 Å². The zero-order valence-corrected chi connectivity index (χ0v) is 15.1. The highest BCUT2D eigenvalue weighted by Crippen LogP contribution is 2.18. The number of carbonyl (C=O) groups is 1. The Bertz CT molecular complexity index is 854. The van der Waals surface area contributed by atoms with Crippen LogP contribution in [0.5, 0.6) is 5.75 Å². The maximum absolute atomic E-state index is 12.1. The largest absolute Gasteiger partial charge is 0.496 e. The van der Waals surface area contributed by atoms with E-state index in [1.165, 1.54) is 11.8 Å². The second-order valence-corrected chi connectivity index (χ2v) is 6.35. The summed E-state index contributed by atoms with van der Waals surface area (Å²) in [7, 11) is 1.64. The molecule has 7 nitrogen and oxygen atoms in total. The Morgan fingerprint density at radius 3 is 2.73 bits per heavy atom. The van der Waals surface area contributed by atoms with Gasteiger partial charge in [-0.1, -0.05) is 48.2 Å². The van der Waals surface area contributed by atoms with Crippen LogP contribution < -0.4 is 10.1 Å². The summed E-state index contributed by atoms with van der Waals surface area (Å²) < 4.78 is 6.93. The molecule has 0 radical (unpaired) electrons. The van der Waals surface area contributed by atoms with Crippen LogP contribution in [0.1, 0.15) is 5.56 Å². The molecular weight excluding hydrogens is 350 g/mol. The number of amides is 1. The highest BCUT2D eigenvalue weighted by molar-refractivity contribution is 7.99. The summed E-state index contributed by atoms with van der Waals surface area (Å²) in [5, 5.41) is 15.1. The Morgan fingerprint density at radius 2 is 1.92 bits per heavy atom. The van der Waals surface area contributed by atoms with Gasteiger partial charge in [0, 0.05) is 6.54 Å². The highest BCUT2D eigenvalue weighted by atomic mass is 32.2. The molecule has 2 aromatic carbocycles. The van der Waals surface area contributed by atoms with E-state index in [2.05, 4.69) is 20.8 Å². The van der Waals surface area contributed by atoms with Crippen LogP contribution >= 0.6 is 11.8 Å². The zero-order valence-electron chi connectivity index (χ0n) is 14.3. The van der Waals surface area contributed by atoms with Crippen molar-refractivity contribution in [3.8, 4) is 11.4 Å². The molecule has 3 rings (SSSR count). The second kappa shape index (κ2) is 9.00. The van der Waals surface area contributed by atoms with Gasteiger partial charge in [0.1, 0.15) is 5.75 Å². The predicted molar refractivity (Wildman–Crippen MR) is 99.6 cm³/mol. The average molecular weight is 369 g/mol. The van der Waals surface area contributed by atoms with Gasteiger partial charge in [-0.15, -0.1) is 5.10 Å². The van der Waals surface area contributed by atoms with Crippen LogP contribution in [0.25, 0.3) is 5.69 Å². The van der Waals surface area contributed by atoms with E-state index in [1.807, 2.05) is 54.6 Å². The summed E-state index contributed by atoms with van der Waals surface area (Å²) in [5.41, 5.74) is 1.92. The van der Waals surface area contributed by atoms with Gasteiger partial charge in [-0.25, -0.2) is 0 Å². The Hall–Kier alpha value is -2.87. The highest BCUT2D eigenvalue weighted by Gasteiger charge is 2.11. The minimum Gasteiger partial charge on any atom is -0.496 e. The molecular formula is C18H19N5O2S. The van der Waals surface area contributed by atoms with Gasteiger partial charge in [0.15, 0.2) is 0 Å². The van der Waals surface area contributed by atoms with Crippen molar-refractivity contribution in [2.24, 2.45) is 0 Å². The SMILES string of the molecule is COc1ccccc1CCNC(=O)CSc1nnnn1-c1ccccc1. The maximum atomic E-state index is 12.1. The number of hydrogen-bond donors (Lipinski definition) is 1. The first-order chi connectivity index (χ1) is 12.8. The van der Waals surface area contributed by atoms with Gasteiger partial charge >= 0.3 is 0 Å². The standard InChI is InChI=1S/C18H19N5O2S/c1-25-16-10-6-5-7-14(16)11-12-19-17(24)13-26-18-20-21-22-23(18)15-8-3-2-4-9-15/h2-10H,11-13H2,1H3,(H,19,24). The lowest BCUT2D eigenvalue weighted by molar-refractivity contribution is -0.118. The number of carbonyl (C=O) groups excluding carboxylic acids is 1. The number of para-hydroxylation sites is 2. The third kappa shape index (κ3) is 4.60. The van der Waals surface area contributed by atoms with Crippen molar-refractivity contribution in [3.05, 3.63) is 60.2 Å². The van der Waals surface area contributed by atoms with Gasteiger partial charge < -0.3 is 10.1 Å². The van der Waals surface area contributed by atoms with E-state index in [0.717, 1.165) is 17.0 Å². The molecule has 0 aliphatic heterocycles. The summed E-state index contributed by atoms with van der Waals surface area (Å²) in [6.07, 6.45) is 0.710. The molecule has 0 saturated carbocycles. The fourth-order valence-corrected chi connectivity index (χ4v) is 3.15. The fraction of sp³-hybridized carbons (Fsp3) is 0.222. The minimum atomic E-state index is -0.0625. The summed E-state index contributed by atoms with van der Waals surface area (Å²) in [6, 6.07) is 17.4. The quantitative estimate of drug-likeness (QED) is 0.613. The van der Waals surface area contributed by atoms with Gasteiger partial charge in [-0.3, -0.25) is 4.79 Å². The van der Waals surface area contributed by atoms with E-state index < -0.39 is 0 Å². The van der Waals surface area contributed by atoms with E-state index in [9.17, 15) is 4.79 Å². The number of nitrogens with zero attached hydrogens (tertiary/aromatic N) is 4. The third-order valence-corrected chi connectivity index (χ3v) is 4.60. The van der Waals surface area contributed by atoms with Gasteiger partial charge in [0.2, 0.25) is 11.1 Å². The molecule has 1 N–H and O–H groups in total. The minimum absolute atomic E-state index is 0.0625. The molecule has 1 amide bonds. The first kappa shape index (κ1) is 17.9. The first-order valence-electron chi connectivity index (χ1n) is 8.13. The molecule has 0 atom stereocenters. The second-order valence-electron chi connectivity index (χ2n) is 5.41. The monoisotopic (exact) mass is 369 g/mol. The molecule has 1 aromatic heterocycles. The molecule has 3 aromatic rings. The first-order valence-corrected chi connectivity index (χ1v) is 9.11. The van der Waals surface area contributed by atoms with Crippen LogP contribution in [0, 0.1) is 0 Å². The normalized spacial score (nSPS) is 10.5. The van der Waals surface area contributed by atoms with Crippen LogP contribution in [0.2, 0.25) is 0 Å². The number of thioether (sulfide) groups is 1. The number of tetrazole rings is 1. The van der Waals surface area contributed by atoms with Crippen LogP contribution in [0.15, 0.2) is 59.8 Å². The van der Waals surface area contributed by atoms with Crippen molar-refractivity contribution in [1.82, 2.24) is 25.5 Å². The molecule has 26 heavy (non-hydrogen) atoms. The molecule has 1 heterocycles. The molecule has 0 bridgehead atoms. The number of rotatable bonds is 8. The maximum Gasteiger partial charge on any atom is 0.230 e. The molecule has 0 aliphatic carbocycles. The van der Waals surface area contributed by atoms with E-state index in [4.69, 9.17) is 4.74 Å². The smallest absolute Gasteiger partial charge is 0.230 e. The number of hydrogen-bond acceptors (Lipinski definition) is 6. The van der Waals surface area contributed by atoms with Crippen molar-refractivity contribution >= 4 is 17.7 Å². The Kier molecular flexibility index (Phi) is 6.21. The average Bonchev–Trinajstić information content (AvgIpc) is 3.16. The number of benzene rings is 2. The lowest BCUT2D eigenvalue weighted by Crippen LogP contribution is -2.27. The van der Waals surface area contributed by atoms with E-state index >= 15 is 0 Å². The van der Waals surface area contributed by atoms with E-state index in [-0.39, 0.29) is 11.7 Å². The number of nitrogens with one attached hydrogen (secondary N) is 1. The number of aromatic nitrogens is 4. The van der Waals surface area contributed by atoms with E-state index in [1.54, 1.807) is 11.8 Å². The Balaban J connectivity index is 1.49. The van der Waals surface area contributed by atoms with Gasteiger partial charge in [-0.2, -0.15) is 4.68 Å². The van der Waals surface area contributed by atoms with Gasteiger partial charge in [0.05, 0.1) is 18.6 Å². The van der Waals surface area contributed by atoms with Crippen LogP contribution in [0.4, 0.5) is 0 Å². The topological polar surface area (TPSA) is 81.9 Å². The predicted octanol–water partition coefficient (Wildman–Crippen LogP) is 2.12. The lowest BCUT2D eigenvalue weighted by Gasteiger charge is -2.09. The zero-order chi connectivity index (χ0) is 18.2. The van der Waals surface area contributed by atoms with Crippen molar-refractivity contribution in [3.63, 3.8) is 0 Å². The number of methoxy groups -OCH3 is 1. The van der Waals surface area contributed by atoms with Gasteiger partial charge in [-0.05, 0) is 40.6 Å². The molecule has 0 unspecified atom stereocenters. The fourth-order valence-electron chi connectivity index (χ4n) is 2.43. The molecule has 0 fully saturated rings. The molecule has 0 saturated heterocycles. The number of ether oxygens (including phenoxy) is 1. The molecule has 0 spiro atoms. The van der Waals surface area contributed by atoms with Crippen molar-refractivity contribution in [1.29, 1.82) is 0 Å².